The van der Waals surface area contributed by atoms with Crippen LogP contribution in [0.5, 0.6) is 0 Å². The maximum atomic E-state index is 5.22. The lowest BCUT2D eigenvalue weighted by Crippen LogP contribution is -2.00. The Labute approximate surface area is 296 Å². The Hall–Kier alpha value is -6.01. The molecule has 5 heteroatoms. The number of rotatable bonds is 5. The first-order chi connectivity index (χ1) is 24.8. The zero-order chi connectivity index (χ0) is 33.0. The van der Waals surface area contributed by atoms with Crippen molar-refractivity contribution in [2.45, 2.75) is 0 Å². The number of thiophene rings is 2. The quantitative estimate of drug-likeness (QED) is 0.182. The van der Waals surface area contributed by atoms with E-state index in [0.717, 1.165) is 27.8 Å². The first-order valence-electron chi connectivity index (χ1n) is 16.6. The third-order valence-electron chi connectivity index (χ3n) is 9.32. The monoisotopic (exact) mass is 673 g/mol. The van der Waals surface area contributed by atoms with Crippen molar-refractivity contribution in [2.24, 2.45) is 0 Å². The number of fused-ring (bicyclic) bond motifs is 6. The van der Waals surface area contributed by atoms with Crippen LogP contribution in [0.4, 0.5) is 0 Å². The van der Waals surface area contributed by atoms with Crippen molar-refractivity contribution in [3.63, 3.8) is 0 Å². The molecule has 0 aliphatic heterocycles. The van der Waals surface area contributed by atoms with Gasteiger partial charge in [0.15, 0.2) is 17.5 Å². The lowest BCUT2D eigenvalue weighted by Gasteiger charge is -2.12. The minimum atomic E-state index is 0.649. The molecule has 0 radical (unpaired) electrons. The zero-order valence-corrected chi connectivity index (χ0v) is 28.4. The van der Waals surface area contributed by atoms with E-state index < -0.39 is 0 Å². The first-order valence-corrected chi connectivity index (χ1v) is 18.2. The summed E-state index contributed by atoms with van der Waals surface area (Å²) in [7, 11) is 0. The molecule has 3 aromatic heterocycles. The molecule has 50 heavy (non-hydrogen) atoms. The summed E-state index contributed by atoms with van der Waals surface area (Å²) in [6, 6.07) is 57.9. The Morgan fingerprint density at radius 1 is 0.300 bits per heavy atom. The first kappa shape index (κ1) is 29.0. The standard InChI is InChI=1S/C45H27N3S2/c1-3-13-28(14-4-1)30-17-11-18-31(25-30)44-46-43(29-15-5-2-6-16-29)47-45(48-44)32-26-36(42-35-20-8-10-23-38(35)50-40(42)27-32)33-21-12-24-39-41(33)34-19-7-9-22-37(34)49-39/h1-27H. The van der Waals surface area contributed by atoms with Gasteiger partial charge in [-0.05, 0) is 58.7 Å². The van der Waals surface area contributed by atoms with Crippen molar-refractivity contribution >= 4 is 63.0 Å². The molecule has 10 aromatic rings. The molecule has 10 rings (SSSR count). The highest BCUT2D eigenvalue weighted by molar-refractivity contribution is 7.26. The maximum absolute atomic E-state index is 5.22. The Morgan fingerprint density at radius 3 is 1.52 bits per heavy atom. The van der Waals surface area contributed by atoms with Gasteiger partial charge in [0, 0.05) is 57.0 Å². The second kappa shape index (κ2) is 11.8. The average Bonchev–Trinajstić information content (AvgIpc) is 3.77. The van der Waals surface area contributed by atoms with Gasteiger partial charge in [0.25, 0.3) is 0 Å². The topological polar surface area (TPSA) is 38.7 Å². The van der Waals surface area contributed by atoms with Crippen molar-refractivity contribution in [3.8, 4) is 56.4 Å². The summed E-state index contributed by atoms with van der Waals surface area (Å²) in [5, 5.41) is 5.11. The highest BCUT2D eigenvalue weighted by Crippen LogP contribution is 2.47. The predicted molar refractivity (Wildman–Crippen MR) is 213 cm³/mol. The molecular formula is C45H27N3S2. The molecule has 234 valence electrons. The van der Waals surface area contributed by atoms with Crippen molar-refractivity contribution < 1.29 is 0 Å². The molecule has 0 aliphatic rings. The van der Waals surface area contributed by atoms with Crippen LogP contribution in [0.2, 0.25) is 0 Å². The van der Waals surface area contributed by atoms with Crippen LogP contribution < -0.4 is 0 Å². The number of aromatic nitrogens is 3. The third-order valence-corrected chi connectivity index (χ3v) is 11.6. The Morgan fingerprint density at radius 2 is 0.800 bits per heavy atom. The number of benzene rings is 7. The van der Waals surface area contributed by atoms with Crippen LogP contribution in [0.3, 0.4) is 0 Å². The van der Waals surface area contributed by atoms with Gasteiger partial charge >= 0.3 is 0 Å². The second-order valence-corrected chi connectivity index (χ2v) is 14.6. The van der Waals surface area contributed by atoms with E-state index in [1.807, 2.05) is 46.9 Å². The van der Waals surface area contributed by atoms with Gasteiger partial charge in [-0.1, -0.05) is 127 Å². The molecule has 0 fully saturated rings. The van der Waals surface area contributed by atoms with Crippen LogP contribution in [0, 0.1) is 0 Å². The lowest BCUT2D eigenvalue weighted by molar-refractivity contribution is 1.07. The molecule has 0 spiro atoms. The summed E-state index contributed by atoms with van der Waals surface area (Å²) < 4.78 is 5.06. The molecule has 0 saturated heterocycles. The van der Waals surface area contributed by atoms with E-state index in [1.54, 1.807) is 0 Å². The molecular weight excluding hydrogens is 647 g/mol. The molecule has 7 aromatic carbocycles. The van der Waals surface area contributed by atoms with Crippen LogP contribution in [0.25, 0.3) is 96.8 Å². The molecule has 3 heterocycles. The second-order valence-electron chi connectivity index (χ2n) is 12.4. The predicted octanol–water partition coefficient (Wildman–Crippen LogP) is 12.9. The summed E-state index contributed by atoms with van der Waals surface area (Å²) >= 11 is 3.67. The van der Waals surface area contributed by atoms with Gasteiger partial charge in [0.05, 0.1) is 0 Å². The van der Waals surface area contributed by atoms with E-state index in [9.17, 15) is 0 Å². The van der Waals surface area contributed by atoms with Crippen LogP contribution in [-0.4, -0.2) is 15.0 Å². The molecule has 3 nitrogen and oxygen atoms in total. The van der Waals surface area contributed by atoms with Crippen molar-refractivity contribution in [1.82, 2.24) is 15.0 Å². The van der Waals surface area contributed by atoms with Gasteiger partial charge in [0.2, 0.25) is 0 Å². The largest absolute Gasteiger partial charge is 0.208 e. The smallest absolute Gasteiger partial charge is 0.164 e. The molecule has 0 unspecified atom stereocenters. The third kappa shape index (κ3) is 4.90. The number of hydrogen-bond acceptors (Lipinski definition) is 5. The molecule has 0 amide bonds. The fourth-order valence-electron chi connectivity index (χ4n) is 7.01. The normalized spacial score (nSPS) is 11.6. The van der Waals surface area contributed by atoms with E-state index in [4.69, 9.17) is 15.0 Å². The summed E-state index contributed by atoms with van der Waals surface area (Å²) in [4.78, 5) is 15.4. The highest BCUT2D eigenvalue weighted by Gasteiger charge is 2.20. The van der Waals surface area contributed by atoms with E-state index in [0.29, 0.717) is 17.5 Å². The summed E-state index contributed by atoms with van der Waals surface area (Å²) in [5.74, 6) is 1.96. The van der Waals surface area contributed by atoms with E-state index in [2.05, 4.69) is 140 Å². The average molecular weight is 674 g/mol. The van der Waals surface area contributed by atoms with Gasteiger partial charge in [-0.2, -0.15) is 0 Å². The Balaban J connectivity index is 1.25. The van der Waals surface area contributed by atoms with Crippen LogP contribution in [0.1, 0.15) is 0 Å². The van der Waals surface area contributed by atoms with Gasteiger partial charge in [-0.3, -0.25) is 0 Å². The lowest BCUT2D eigenvalue weighted by atomic mass is 9.93. The van der Waals surface area contributed by atoms with E-state index in [1.165, 1.54) is 51.5 Å². The van der Waals surface area contributed by atoms with Gasteiger partial charge in [-0.25, -0.2) is 15.0 Å². The van der Waals surface area contributed by atoms with Crippen molar-refractivity contribution in [2.75, 3.05) is 0 Å². The minimum Gasteiger partial charge on any atom is -0.208 e. The van der Waals surface area contributed by atoms with Gasteiger partial charge in [0.1, 0.15) is 0 Å². The fraction of sp³-hybridized carbons (Fsp3) is 0. The minimum absolute atomic E-state index is 0.649. The SMILES string of the molecule is c1ccc(-c2cccc(-c3nc(-c4ccccc4)nc(-c4cc(-c5cccc6sc7ccccc7c56)c5c(c4)sc4ccccc45)n3)c2)cc1. The maximum Gasteiger partial charge on any atom is 0.164 e. The Bertz CT molecular complexity index is 2870. The Kier molecular flexibility index (Phi) is 6.86. The van der Waals surface area contributed by atoms with Crippen LogP contribution in [0.15, 0.2) is 164 Å². The fourth-order valence-corrected chi connectivity index (χ4v) is 9.32. The van der Waals surface area contributed by atoms with Gasteiger partial charge < -0.3 is 0 Å². The van der Waals surface area contributed by atoms with E-state index >= 15 is 0 Å². The van der Waals surface area contributed by atoms with Crippen molar-refractivity contribution in [1.29, 1.82) is 0 Å². The molecule has 0 N–H and O–H groups in total. The zero-order valence-electron chi connectivity index (χ0n) is 26.7. The van der Waals surface area contributed by atoms with Crippen LogP contribution >= 0.6 is 22.7 Å². The number of nitrogens with zero attached hydrogens (tertiary/aromatic N) is 3. The molecule has 0 atom stereocenters. The van der Waals surface area contributed by atoms with E-state index in [-0.39, 0.29) is 0 Å². The summed E-state index contributed by atoms with van der Waals surface area (Å²) in [6.45, 7) is 0. The molecule has 0 aliphatic carbocycles. The molecule has 0 bridgehead atoms. The van der Waals surface area contributed by atoms with Crippen LogP contribution in [-0.2, 0) is 0 Å². The summed E-state index contributed by atoms with van der Waals surface area (Å²) in [5.41, 5.74) is 7.56. The van der Waals surface area contributed by atoms with Crippen molar-refractivity contribution in [3.05, 3.63) is 164 Å². The van der Waals surface area contributed by atoms with Gasteiger partial charge in [-0.15, -0.1) is 22.7 Å². The number of hydrogen-bond donors (Lipinski definition) is 0. The molecule has 0 saturated carbocycles. The summed E-state index contributed by atoms with van der Waals surface area (Å²) in [6.07, 6.45) is 0. The highest BCUT2D eigenvalue weighted by atomic mass is 32.1.